The summed E-state index contributed by atoms with van der Waals surface area (Å²) in [5.41, 5.74) is 6.56. The van der Waals surface area contributed by atoms with Crippen molar-refractivity contribution in [2.75, 3.05) is 11.9 Å². The third-order valence-electron chi connectivity index (χ3n) is 3.51. The normalized spacial score (nSPS) is 31.6. The van der Waals surface area contributed by atoms with Crippen molar-refractivity contribution in [3.63, 3.8) is 0 Å². The van der Waals surface area contributed by atoms with E-state index in [0.29, 0.717) is 6.54 Å². The van der Waals surface area contributed by atoms with Crippen LogP contribution in [-0.2, 0) is 10.2 Å². The van der Waals surface area contributed by atoms with Crippen LogP contribution in [0.15, 0.2) is 18.2 Å². The molecule has 2 atom stereocenters. The van der Waals surface area contributed by atoms with Gasteiger partial charge in [0.1, 0.15) is 5.82 Å². The monoisotopic (exact) mass is 206 g/mol. The van der Waals surface area contributed by atoms with Gasteiger partial charge in [-0.25, -0.2) is 4.39 Å². The number of nitrogens with one attached hydrogen (secondary N) is 1. The summed E-state index contributed by atoms with van der Waals surface area (Å²) in [6.07, 6.45) is 0.742. The van der Waals surface area contributed by atoms with E-state index >= 15 is 0 Å². The average molecular weight is 206 g/mol. The van der Waals surface area contributed by atoms with Gasteiger partial charge in [0, 0.05) is 5.69 Å². The number of nitrogens with two attached hydrogens (primary N) is 1. The van der Waals surface area contributed by atoms with Crippen molar-refractivity contribution >= 4 is 11.6 Å². The summed E-state index contributed by atoms with van der Waals surface area (Å²) in [7, 11) is 0. The topological polar surface area (TPSA) is 55.1 Å². The molecule has 1 fully saturated rings. The van der Waals surface area contributed by atoms with E-state index in [4.69, 9.17) is 5.73 Å². The molecule has 4 heteroatoms. The Labute approximate surface area is 86.5 Å². The van der Waals surface area contributed by atoms with Gasteiger partial charge in [0.05, 0.1) is 5.41 Å². The highest BCUT2D eigenvalue weighted by Crippen LogP contribution is 2.59. The van der Waals surface area contributed by atoms with Gasteiger partial charge in [-0.2, -0.15) is 0 Å². The SMILES string of the molecule is NCC1CC12C(=O)Nc1ccc(F)cc12. The standard InChI is InChI=1S/C11H11FN2O/c12-7-1-2-9-8(3-7)11(10(15)14-9)4-6(11)5-13/h1-3,6H,4-5,13H2,(H,14,15). The summed E-state index contributed by atoms with van der Waals surface area (Å²) in [5.74, 6) is -0.161. The fourth-order valence-electron chi connectivity index (χ4n) is 2.57. The Bertz CT molecular complexity index is 460. The van der Waals surface area contributed by atoms with Gasteiger partial charge in [-0.15, -0.1) is 0 Å². The quantitative estimate of drug-likeness (QED) is 0.720. The molecule has 1 heterocycles. The predicted octanol–water partition coefficient (Wildman–Crippen LogP) is 0.994. The summed E-state index contributed by atoms with van der Waals surface area (Å²) < 4.78 is 13.1. The molecule has 1 aliphatic carbocycles. The van der Waals surface area contributed by atoms with Crippen LogP contribution in [0.5, 0.6) is 0 Å². The minimum atomic E-state index is -0.522. The van der Waals surface area contributed by atoms with Crippen molar-refractivity contribution in [1.29, 1.82) is 0 Å². The number of benzene rings is 1. The Kier molecular flexibility index (Phi) is 1.52. The van der Waals surface area contributed by atoms with Crippen molar-refractivity contribution in [3.05, 3.63) is 29.6 Å². The summed E-state index contributed by atoms with van der Waals surface area (Å²) in [6, 6.07) is 4.42. The average Bonchev–Trinajstić information content (AvgIpc) is 2.89. The molecule has 1 amide bonds. The molecule has 1 saturated carbocycles. The third kappa shape index (κ3) is 0.946. The van der Waals surface area contributed by atoms with Crippen LogP contribution in [0.25, 0.3) is 0 Å². The van der Waals surface area contributed by atoms with Crippen LogP contribution in [0, 0.1) is 11.7 Å². The second-order valence-corrected chi connectivity index (χ2v) is 4.25. The van der Waals surface area contributed by atoms with Crippen LogP contribution < -0.4 is 11.1 Å². The fourth-order valence-corrected chi connectivity index (χ4v) is 2.57. The molecule has 0 bridgehead atoms. The molecular weight excluding hydrogens is 195 g/mol. The second kappa shape index (κ2) is 2.58. The largest absolute Gasteiger partial charge is 0.330 e. The molecule has 0 aromatic heterocycles. The minimum Gasteiger partial charge on any atom is -0.330 e. The molecule has 0 radical (unpaired) electrons. The van der Waals surface area contributed by atoms with E-state index in [9.17, 15) is 9.18 Å². The highest BCUT2D eigenvalue weighted by Gasteiger charge is 2.63. The maximum absolute atomic E-state index is 13.1. The molecule has 1 aromatic rings. The zero-order chi connectivity index (χ0) is 10.6. The van der Waals surface area contributed by atoms with Crippen molar-refractivity contribution < 1.29 is 9.18 Å². The van der Waals surface area contributed by atoms with Crippen molar-refractivity contribution in [3.8, 4) is 0 Å². The first-order valence-corrected chi connectivity index (χ1v) is 5.00. The predicted molar refractivity (Wildman–Crippen MR) is 53.9 cm³/mol. The third-order valence-corrected chi connectivity index (χ3v) is 3.51. The minimum absolute atomic E-state index is 0.0291. The van der Waals surface area contributed by atoms with Crippen LogP contribution in [0.1, 0.15) is 12.0 Å². The molecule has 1 spiro atoms. The summed E-state index contributed by atoms with van der Waals surface area (Å²) >= 11 is 0. The molecule has 2 unspecified atom stereocenters. The smallest absolute Gasteiger partial charge is 0.235 e. The molecule has 3 nitrogen and oxygen atoms in total. The Balaban J connectivity index is 2.14. The first-order valence-electron chi connectivity index (χ1n) is 5.00. The molecule has 3 rings (SSSR count). The van der Waals surface area contributed by atoms with Crippen molar-refractivity contribution in [2.45, 2.75) is 11.8 Å². The van der Waals surface area contributed by atoms with E-state index in [2.05, 4.69) is 5.32 Å². The number of hydrogen-bond donors (Lipinski definition) is 2. The van der Waals surface area contributed by atoms with Gasteiger partial charge in [0.2, 0.25) is 5.91 Å². The van der Waals surface area contributed by atoms with Crippen molar-refractivity contribution in [1.82, 2.24) is 0 Å². The molecule has 78 valence electrons. The lowest BCUT2D eigenvalue weighted by Gasteiger charge is -2.06. The number of halogens is 1. The van der Waals surface area contributed by atoms with Crippen LogP contribution in [-0.4, -0.2) is 12.5 Å². The first kappa shape index (κ1) is 8.85. The summed E-state index contributed by atoms with van der Waals surface area (Å²) in [4.78, 5) is 11.8. The van der Waals surface area contributed by atoms with E-state index in [1.165, 1.54) is 12.1 Å². The van der Waals surface area contributed by atoms with Crippen LogP contribution >= 0.6 is 0 Å². The lowest BCUT2D eigenvalue weighted by molar-refractivity contribution is -0.118. The molecule has 0 saturated heterocycles. The fraction of sp³-hybridized carbons (Fsp3) is 0.364. The van der Waals surface area contributed by atoms with Crippen LogP contribution in [0.4, 0.5) is 10.1 Å². The molecule has 1 aliphatic heterocycles. The Hall–Kier alpha value is -1.42. The summed E-state index contributed by atoms with van der Waals surface area (Å²) in [5, 5.41) is 2.78. The Morgan fingerprint density at radius 3 is 3.07 bits per heavy atom. The number of fused-ring (bicyclic) bond motifs is 2. The van der Waals surface area contributed by atoms with Gasteiger partial charge in [0.15, 0.2) is 0 Å². The highest BCUT2D eigenvalue weighted by molar-refractivity contribution is 6.08. The van der Waals surface area contributed by atoms with Gasteiger partial charge in [-0.1, -0.05) is 0 Å². The second-order valence-electron chi connectivity index (χ2n) is 4.25. The lowest BCUT2D eigenvalue weighted by atomic mass is 9.95. The number of carbonyl (C=O) groups is 1. The van der Waals surface area contributed by atoms with Gasteiger partial charge in [-0.3, -0.25) is 4.79 Å². The molecule has 2 aliphatic rings. The molecule has 15 heavy (non-hydrogen) atoms. The van der Waals surface area contributed by atoms with Gasteiger partial charge >= 0.3 is 0 Å². The van der Waals surface area contributed by atoms with E-state index in [1.54, 1.807) is 6.07 Å². The van der Waals surface area contributed by atoms with Crippen molar-refractivity contribution in [2.24, 2.45) is 11.7 Å². The number of hydrogen-bond acceptors (Lipinski definition) is 2. The van der Waals surface area contributed by atoms with Gasteiger partial charge in [0.25, 0.3) is 0 Å². The van der Waals surface area contributed by atoms with E-state index in [0.717, 1.165) is 17.7 Å². The number of rotatable bonds is 1. The van der Waals surface area contributed by atoms with Crippen LogP contribution in [0.2, 0.25) is 0 Å². The molecule has 3 N–H and O–H groups in total. The molecule has 1 aromatic carbocycles. The lowest BCUT2D eigenvalue weighted by Crippen LogP contribution is -2.24. The Morgan fingerprint density at radius 1 is 1.60 bits per heavy atom. The highest BCUT2D eigenvalue weighted by atomic mass is 19.1. The van der Waals surface area contributed by atoms with E-state index in [-0.39, 0.29) is 17.6 Å². The number of amides is 1. The van der Waals surface area contributed by atoms with E-state index < -0.39 is 5.41 Å². The Morgan fingerprint density at radius 2 is 2.40 bits per heavy atom. The zero-order valence-electron chi connectivity index (χ0n) is 8.09. The maximum Gasteiger partial charge on any atom is 0.235 e. The van der Waals surface area contributed by atoms with Gasteiger partial charge in [-0.05, 0) is 42.6 Å². The van der Waals surface area contributed by atoms with Crippen LogP contribution in [0.3, 0.4) is 0 Å². The maximum atomic E-state index is 13.1. The first-order chi connectivity index (χ1) is 7.18. The number of carbonyl (C=O) groups excluding carboxylic acids is 1. The number of anilines is 1. The summed E-state index contributed by atoms with van der Waals surface area (Å²) in [6.45, 7) is 0.476. The zero-order valence-corrected chi connectivity index (χ0v) is 8.09. The molecular formula is C11H11FN2O. The van der Waals surface area contributed by atoms with Gasteiger partial charge < -0.3 is 11.1 Å². The van der Waals surface area contributed by atoms with E-state index in [1.807, 2.05) is 0 Å².